The summed E-state index contributed by atoms with van der Waals surface area (Å²) in [5, 5.41) is 3.31. The van der Waals surface area contributed by atoms with Crippen LogP contribution in [-0.2, 0) is 6.42 Å². The Morgan fingerprint density at radius 3 is 3.06 bits per heavy atom. The quantitative estimate of drug-likeness (QED) is 0.849. The number of ether oxygens (including phenoxy) is 2. The Labute approximate surface area is 102 Å². The summed E-state index contributed by atoms with van der Waals surface area (Å²) >= 11 is 0. The maximum atomic E-state index is 6.02. The molecule has 17 heavy (non-hydrogen) atoms. The molecule has 0 unspecified atom stereocenters. The first-order valence-corrected chi connectivity index (χ1v) is 6.32. The fourth-order valence-corrected chi connectivity index (χ4v) is 2.59. The van der Waals surface area contributed by atoms with E-state index in [2.05, 4.69) is 31.3 Å². The van der Waals surface area contributed by atoms with E-state index in [1.807, 2.05) is 6.07 Å². The van der Waals surface area contributed by atoms with E-state index < -0.39 is 0 Å². The lowest BCUT2D eigenvalue weighted by molar-refractivity contribution is 0.127. The highest BCUT2D eigenvalue weighted by Gasteiger charge is 2.32. The van der Waals surface area contributed by atoms with Gasteiger partial charge in [0.2, 0.25) is 0 Å². The van der Waals surface area contributed by atoms with E-state index in [9.17, 15) is 0 Å². The molecule has 2 heterocycles. The molecule has 1 fully saturated rings. The van der Waals surface area contributed by atoms with E-state index >= 15 is 0 Å². The van der Waals surface area contributed by atoms with E-state index in [-0.39, 0.29) is 11.7 Å². The lowest BCUT2D eigenvalue weighted by Crippen LogP contribution is -2.25. The molecule has 0 spiro atoms. The first-order chi connectivity index (χ1) is 8.14. The lowest BCUT2D eigenvalue weighted by Gasteiger charge is -2.19. The molecule has 0 aliphatic carbocycles. The Balaban J connectivity index is 1.84. The van der Waals surface area contributed by atoms with Crippen molar-refractivity contribution in [1.29, 1.82) is 0 Å². The molecule has 1 atom stereocenters. The second-order valence-electron chi connectivity index (χ2n) is 5.52. The summed E-state index contributed by atoms with van der Waals surface area (Å²) in [6.07, 6.45) is 2.32. The second-order valence-corrected chi connectivity index (χ2v) is 5.52. The SMILES string of the molecule is CC1(C)Cc2cccc(O[C@@H]3CCNC3)c2O1. The molecule has 3 rings (SSSR count). The molecule has 0 radical (unpaired) electrons. The zero-order chi connectivity index (χ0) is 11.9. The van der Waals surface area contributed by atoms with E-state index in [1.165, 1.54) is 5.56 Å². The highest BCUT2D eigenvalue weighted by molar-refractivity contribution is 5.50. The smallest absolute Gasteiger partial charge is 0.165 e. The molecule has 1 aromatic rings. The Morgan fingerprint density at radius 1 is 1.41 bits per heavy atom. The lowest BCUT2D eigenvalue weighted by atomic mass is 10.0. The van der Waals surface area contributed by atoms with E-state index in [4.69, 9.17) is 9.47 Å². The van der Waals surface area contributed by atoms with Gasteiger partial charge >= 0.3 is 0 Å². The molecule has 0 amide bonds. The van der Waals surface area contributed by atoms with Gasteiger partial charge in [-0.15, -0.1) is 0 Å². The predicted octanol–water partition coefficient (Wildman–Crippen LogP) is 2.14. The van der Waals surface area contributed by atoms with Crippen LogP contribution in [0.1, 0.15) is 25.8 Å². The van der Waals surface area contributed by atoms with Crippen molar-refractivity contribution in [2.24, 2.45) is 0 Å². The van der Waals surface area contributed by atoms with Gasteiger partial charge in [-0.1, -0.05) is 12.1 Å². The first-order valence-electron chi connectivity index (χ1n) is 6.32. The number of benzene rings is 1. The van der Waals surface area contributed by atoms with Crippen molar-refractivity contribution in [2.75, 3.05) is 13.1 Å². The van der Waals surface area contributed by atoms with Crippen molar-refractivity contribution in [2.45, 2.75) is 38.4 Å². The maximum Gasteiger partial charge on any atom is 0.165 e. The van der Waals surface area contributed by atoms with E-state index in [1.54, 1.807) is 0 Å². The molecule has 92 valence electrons. The minimum Gasteiger partial charge on any atom is -0.485 e. The molecule has 1 N–H and O–H groups in total. The minimum absolute atomic E-state index is 0.101. The molecule has 0 bridgehead atoms. The molecule has 0 saturated carbocycles. The van der Waals surface area contributed by atoms with E-state index in [0.29, 0.717) is 0 Å². The van der Waals surface area contributed by atoms with Crippen LogP contribution < -0.4 is 14.8 Å². The third-order valence-electron chi connectivity index (χ3n) is 3.36. The Morgan fingerprint density at radius 2 is 2.29 bits per heavy atom. The number of fused-ring (bicyclic) bond motifs is 1. The maximum absolute atomic E-state index is 6.02. The van der Waals surface area contributed by atoms with Gasteiger partial charge in [0.15, 0.2) is 11.5 Å². The molecule has 3 nitrogen and oxygen atoms in total. The van der Waals surface area contributed by atoms with Gasteiger partial charge in [-0.2, -0.15) is 0 Å². The van der Waals surface area contributed by atoms with Gasteiger partial charge in [0.25, 0.3) is 0 Å². The summed E-state index contributed by atoms with van der Waals surface area (Å²) in [6.45, 7) is 6.22. The van der Waals surface area contributed by atoms with Gasteiger partial charge in [0, 0.05) is 18.5 Å². The molecule has 1 aromatic carbocycles. The van der Waals surface area contributed by atoms with E-state index in [0.717, 1.165) is 37.4 Å². The molecule has 2 aliphatic heterocycles. The molecule has 1 saturated heterocycles. The van der Waals surface area contributed by atoms with Crippen LogP contribution in [0.4, 0.5) is 0 Å². The fraction of sp³-hybridized carbons (Fsp3) is 0.571. The normalized spacial score (nSPS) is 25.4. The van der Waals surface area contributed by atoms with Crippen molar-refractivity contribution in [3.05, 3.63) is 23.8 Å². The van der Waals surface area contributed by atoms with Crippen LogP contribution in [0.2, 0.25) is 0 Å². The second kappa shape index (κ2) is 3.91. The topological polar surface area (TPSA) is 30.5 Å². The molecular weight excluding hydrogens is 214 g/mol. The van der Waals surface area contributed by atoms with Crippen molar-refractivity contribution < 1.29 is 9.47 Å². The average Bonchev–Trinajstić information content (AvgIpc) is 2.84. The van der Waals surface area contributed by atoms with Gasteiger partial charge in [0.05, 0.1) is 0 Å². The highest BCUT2D eigenvalue weighted by Crippen LogP contribution is 2.42. The molecule has 3 heteroatoms. The number of hydrogen-bond acceptors (Lipinski definition) is 3. The number of rotatable bonds is 2. The van der Waals surface area contributed by atoms with Crippen LogP contribution in [0.3, 0.4) is 0 Å². The number of nitrogens with one attached hydrogen (secondary N) is 1. The van der Waals surface area contributed by atoms with Crippen LogP contribution in [0.5, 0.6) is 11.5 Å². The Bertz CT molecular complexity index is 422. The highest BCUT2D eigenvalue weighted by atomic mass is 16.5. The van der Waals surface area contributed by atoms with Crippen molar-refractivity contribution >= 4 is 0 Å². The molecular formula is C14H19NO2. The van der Waals surface area contributed by atoms with Gasteiger partial charge in [-0.25, -0.2) is 0 Å². The van der Waals surface area contributed by atoms with Gasteiger partial charge in [0.1, 0.15) is 11.7 Å². The molecule has 2 aliphatic rings. The third-order valence-corrected chi connectivity index (χ3v) is 3.36. The van der Waals surface area contributed by atoms with Crippen LogP contribution in [0.25, 0.3) is 0 Å². The van der Waals surface area contributed by atoms with Crippen molar-refractivity contribution in [3.8, 4) is 11.5 Å². The van der Waals surface area contributed by atoms with Crippen LogP contribution in [0, 0.1) is 0 Å². The summed E-state index contributed by atoms with van der Waals surface area (Å²) in [7, 11) is 0. The monoisotopic (exact) mass is 233 g/mol. The largest absolute Gasteiger partial charge is 0.485 e. The third kappa shape index (κ3) is 2.12. The summed E-state index contributed by atoms with van der Waals surface area (Å²) in [5.74, 6) is 1.85. The predicted molar refractivity (Wildman–Crippen MR) is 66.8 cm³/mol. The average molecular weight is 233 g/mol. The minimum atomic E-state index is -0.101. The van der Waals surface area contributed by atoms with Crippen LogP contribution in [0.15, 0.2) is 18.2 Å². The Hall–Kier alpha value is -1.22. The van der Waals surface area contributed by atoms with Crippen molar-refractivity contribution in [1.82, 2.24) is 5.32 Å². The number of para-hydroxylation sites is 1. The zero-order valence-corrected chi connectivity index (χ0v) is 10.5. The van der Waals surface area contributed by atoms with Gasteiger partial charge in [-0.3, -0.25) is 0 Å². The Kier molecular flexibility index (Phi) is 2.51. The number of hydrogen-bond donors (Lipinski definition) is 1. The standard InChI is InChI=1S/C14H19NO2/c1-14(2)8-10-4-3-5-12(13(10)17-14)16-11-6-7-15-9-11/h3-5,11,15H,6-9H2,1-2H3/t11-/m1/s1. The first kappa shape index (κ1) is 10.9. The summed E-state index contributed by atoms with van der Waals surface area (Å²) in [4.78, 5) is 0. The summed E-state index contributed by atoms with van der Waals surface area (Å²) < 4.78 is 12.0. The van der Waals surface area contributed by atoms with Crippen LogP contribution in [-0.4, -0.2) is 24.8 Å². The fourth-order valence-electron chi connectivity index (χ4n) is 2.59. The van der Waals surface area contributed by atoms with Gasteiger partial charge in [-0.05, 0) is 32.9 Å². The summed E-state index contributed by atoms with van der Waals surface area (Å²) in [5.41, 5.74) is 1.16. The molecule has 0 aromatic heterocycles. The van der Waals surface area contributed by atoms with Crippen molar-refractivity contribution in [3.63, 3.8) is 0 Å². The zero-order valence-electron chi connectivity index (χ0n) is 10.5. The van der Waals surface area contributed by atoms with Gasteiger partial charge < -0.3 is 14.8 Å². The van der Waals surface area contributed by atoms with Crippen LogP contribution >= 0.6 is 0 Å². The summed E-state index contributed by atoms with van der Waals surface area (Å²) in [6, 6.07) is 6.20.